The summed E-state index contributed by atoms with van der Waals surface area (Å²) in [6.45, 7) is 0. The second-order valence-electron chi connectivity index (χ2n) is 3.68. The molecule has 0 spiro atoms. The summed E-state index contributed by atoms with van der Waals surface area (Å²) in [5, 5.41) is 8.25. The summed E-state index contributed by atoms with van der Waals surface area (Å²) in [5.74, 6) is 0. The van der Waals surface area contributed by atoms with E-state index in [0.29, 0.717) is 0 Å². The molecule has 0 saturated heterocycles. The first kappa shape index (κ1) is 11.6. The zero-order valence-corrected chi connectivity index (χ0v) is 8.73. The lowest BCUT2D eigenvalue weighted by atomic mass is 9.95. The molecule has 6 heteroatoms. The maximum Gasteiger partial charge on any atom is 0.438 e. The predicted molar refractivity (Wildman–Crippen MR) is 52.3 cm³/mol. The van der Waals surface area contributed by atoms with Gasteiger partial charge in [0.1, 0.15) is 0 Å². The molecule has 0 unspecified atom stereocenters. The lowest BCUT2D eigenvalue weighted by Crippen LogP contribution is -2.41. The fraction of sp³-hybridized carbons (Fsp3) is 0.778. The molecule has 0 bridgehead atoms. The van der Waals surface area contributed by atoms with E-state index in [9.17, 15) is 9.59 Å². The van der Waals surface area contributed by atoms with Crippen LogP contribution in [0.15, 0.2) is 0 Å². The minimum absolute atomic E-state index is 0.168. The first-order valence-electron chi connectivity index (χ1n) is 5.04. The van der Waals surface area contributed by atoms with Crippen LogP contribution < -0.4 is 5.48 Å². The third-order valence-corrected chi connectivity index (χ3v) is 2.64. The average Bonchev–Trinajstić information content (AvgIpc) is 2.26. The van der Waals surface area contributed by atoms with Gasteiger partial charge in [-0.15, -0.1) is 5.48 Å². The van der Waals surface area contributed by atoms with Crippen molar-refractivity contribution < 1.29 is 19.5 Å². The molecule has 0 heterocycles. The highest BCUT2D eigenvalue weighted by atomic mass is 16.7. The van der Waals surface area contributed by atoms with Crippen LogP contribution in [-0.2, 0) is 4.84 Å². The number of hydrogen-bond acceptors (Lipinski definition) is 3. The van der Waals surface area contributed by atoms with Crippen LogP contribution in [-0.4, -0.2) is 35.3 Å². The molecule has 1 aliphatic rings. The van der Waals surface area contributed by atoms with E-state index in [2.05, 4.69) is 4.84 Å². The van der Waals surface area contributed by atoms with E-state index in [0.717, 1.165) is 25.7 Å². The molecule has 2 N–H and O–H groups in total. The number of amides is 2. The minimum atomic E-state index is -1.37. The second kappa shape index (κ2) is 5.43. The minimum Gasteiger partial charge on any atom is -0.463 e. The number of carbonyl (C=O) groups is 2. The van der Waals surface area contributed by atoms with Gasteiger partial charge in [-0.1, -0.05) is 19.3 Å². The van der Waals surface area contributed by atoms with E-state index in [4.69, 9.17) is 5.11 Å². The molecule has 1 rings (SSSR count). The number of hydrogen-bond donors (Lipinski definition) is 2. The predicted octanol–water partition coefficient (Wildman–Crippen LogP) is 1.57. The fourth-order valence-corrected chi connectivity index (χ4v) is 1.78. The topological polar surface area (TPSA) is 78.9 Å². The Balaban J connectivity index is 2.33. The molecule has 1 aliphatic carbocycles. The summed E-state index contributed by atoms with van der Waals surface area (Å²) in [6.07, 6.45) is 3.30. The van der Waals surface area contributed by atoms with Crippen LogP contribution in [0.4, 0.5) is 9.59 Å². The van der Waals surface area contributed by atoms with Crippen LogP contribution in [0.3, 0.4) is 0 Å². The van der Waals surface area contributed by atoms with Crippen molar-refractivity contribution in [3.63, 3.8) is 0 Å². The Hall–Kier alpha value is -1.46. The van der Waals surface area contributed by atoms with E-state index < -0.39 is 12.2 Å². The molecule has 0 aromatic carbocycles. The summed E-state index contributed by atoms with van der Waals surface area (Å²) in [7, 11) is 1.63. The largest absolute Gasteiger partial charge is 0.463 e. The summed E-state index contributed by atoms with van der Waals surface area (Å²) in [4.78, 5) is 27.2. The first-order chi connectivity index (χ1) is 7.11. The number of nitrogens with zero attached hydrogens (tertiary/aromatic N) is 1. The number of hydroxylamine groups is 1. The zero-order chi connectivity index (χ0) is 11.3. The van der Waals surface area contributed by atoms with Gasteiger partial charge in [0.2, 0.25) is 0 Å². The summed E-state index contributed by atoms with van der Waals surface area (Å²) in [5.41, 5.74) is 1.59. The standard InChI is InChI=1S/C9H16N2O4/c1-11(7-5-3-2-4-6-7)9(14)15-10-8(12)13/h7,10H,2-6H2,1H3,(H,12,13). The van der Waals surface area contributed by atoms with Crippen LogP contribution in [0.25, 0.3) is 0 Å². The van der Waals surface area contributed by atoms with Crippen molar-refractivity contribution in [2.24, 2.45) is 0 Å². The van der Waals surface area contributed by atoms with E-state index in [1.54, 1.807) is 12.5 Å². The van der Waals surface area contributed by atoms with Gasteiger partial charge >= 0.3 is 12.2 Å². The highest BCUT2D eigenvalue weighted by Crippen LogP contribution is 2.21. The first-order valence-corrected chi connectivity index (χ1v) is 5.04. The molecule has 1 saturated carbocycles. The van der Waals surface area contributed by atoms with E-state index in [1.807, 2.05) is 0 Å². The van der Waals surface area contributed by atoms with Gasteiger partial charge in [0.25, 0.3) is 0 Å². The molecule has 15 heavy (non-hydrogen) atoms. The second-order valence-corrected chi connectivity index (χ2v) is 3.68. The van der Waals surface area contributed by atoms with Gasteiger partial charge in [-0.05, 0) is 12.8 Å². The third kappa shape index (κ3) is 3.65. The lowest BCUT2D eigenvalue weighted by molar-refractivity contribution is 0.0461. The molecule has 6 nitrogen and oxygen atoms in total. The van der Waals surface area contributed by atoms with Gasteiger partial charge in [0, 0.05) is 13.1 Å². The summed E-state index contributed by atoms with van der Waals surface area (Å²) < 4.78 is 0. The van der Waals surface area contributed by atoms with Gasteiger partial charge in [-0.3, -0.25) is 0 Å². The Labute approximate surface area is 88.1 Å². The molecule has 0 aliphatic heterocycles. The van der Waals surface area contributed by atoms with E-state index in [-0.39, 0.29) is 6.04 Å². The number of rotatable bonds is 1. The van der Waals surface area contributed by atoms with Crippen molar-refractivity contribution in [3.05, 3.63) is 0 Å². The van der Waals surface area contributed by atoms with Crippen molar-refractivity contribution in [2.75, 3.05) is 7.05 Å². The van der Waals surface area contributed by atoms with Gasteiger partial charge in [-0.25, -0.2) is 9.59 Å². The van der Waals surface area contributed by atoms with Crippen molar-refractivity contribution >= 4 is 12.2 Å². The monoisotopic (exact) mass is 216 g/mol. The van der Waals surface area contributed by atoms with Gasteiger partial charge in [-0.2, -0.15) is 0 Å². The molecular formula is C9H16N2O4. The molecular weight excluding hydrogens is 200 g/mol. The molecule has 1 fully saturated rings. The van der Waals surface area contributed by atoms with Crippen LogP contribution >= 0.6 is 0 Å². The summed E-state index contributed by atoms with van der Waals surface area (Å²) >= 11 is 0. The average molecular weight is 216 g/mol. The third-order valence-electron chi connectivity index (χ3n) is 2.64. The maximum absolute atomic E-state index is 11.3. The van der Waals surface area contributed by atoms with Gasteiger partial charge < -0.3 is 14.8 Å². The molecule has 0 aromatic rings. The smallest absolute Gasteiger partial charge is 0.438 e. The van der Waals surface area contributed by atoms with Crippen LogP contribution in [0.2, 0.25) is 0 Å². The maximum atomic E-state index is 11.3. The number of carbonyl (C=O) groups excluding carboxylic acids is 1. The highest BCUT2D eigenvalue weighted by Gasteiger charge is 2.23. The van der Waals surface area contributed by atoms with Crippen molar-refractivity contribution in [1.82, 2.24) is 10.4 Å². The molecule has 0 radical (unpaired) electrons. The lowest BCUT2D eigenvalue weighted by Gasteiger charge is -2.29. The highest BCUT2D eigenvalue weighted by molar-refractivity contribution is 5.71. The Bertz CT molecular complexity index is 238. The number of carboxylic acid groups (broad SMARTS) is 1. The summed E-state index contributed by atoms with van der Waals surface area (Å²) in [6, 6.07) is 0.168. The SMILES string of the molecule is CN(C(=O)ONC(=O)O)C1CCCCC1. The van der Waals surface area contributed by atoms with Crippen LogP contribution in [0, 0.1) is 0 Å². The Morgan fingerprint density at radius 2 is 1.93 bits per heavy atom. The Kier molecular flexibility index (Phi) is 4.20. The van der Waals surface area contributed by atoms with Crippen LogP contribution in [0.5, 0.6) is 0 Å². The fourth-order valence-electron chi connectivity index (χ4n) is 1.78. The molecule has 2 amide bonds. The van der Waals surface area contributed by atoms with E-state index in [1.165, 1.54) is 11.3 Å². The quantitative estimate of drug-likeness (QED) is 0.652. The number of nitrogens with one attached hydrogen (secondary N) is 1. The molecule has 86 valence electrons. The van der Waals surface area contributed by atoms with Gasteiger partial charge in [0.15, 0.2) is 0 Å². The Morgan fingerprint density at radius 1 is 1.33 bits per heavy atom. The van der Waals surface area contributed by atoms with Gasteiger partial charge in [0.05, 0.1) is 0 Å². The van der Waals surface area contributed by atoms with Crippen molar-refractivity contribution in [2.45, 2.75) is 38.1 Å². The van der Waals surface area contributed by atoms with E-state index >= 15 is 0 Å². The molecule has 0 aromatic heterocycles. The van der Waals surface area contributed by atoms with Crippen molar-refractivity contribution in [1.29, 1.82) is 0 Å². The normalized spacial score (nSPS) is 16.9. The molecule has 0 atom stereocenters. The zero-order valence-electron chi connectivity index (χ0n) is 8.73. The van der Waals surface area contributed by atoms with Crippen LogP contribution in [0.1, 0.15) is 32.1 Å². The van der Waals surface area contributed by atoms with Crippen molar-refractivity contribution in [3.8, 4) is 0 Å². The Morgan fingerprint density at radius 3 is 2.47 bits per heavy atom.